The quantitative estimate of drug-likeness (QED) is 0.795. The second-order valence-corrected chi connectivity index (χ2v) is 3.89. The van der Waals surface area contributed by atoms with E-state index in [2.05, 4.69) is 22.1 Å². The van der Waals surface area contributed by atoms with Crippen LogP contribution in [0.4, 0.5) is 5.69 Å². The molecule has 2 aromatic rings. The second kappa shape index (κ2) is 4.75. The van der Waals surface area contributed by atoms with Crippen LogP contribution in [0.25, 0.3) is 0 Å². The Morgan fingerprint density at radius 2 is 1.81 bits per heavy atom. The van der Waals surface area contributed by atoms with Gasteiger partial charge in [-0.3, -0.25) is 0 Å². The maximum Gasteiger partial charge on any atom is 0.115 e. The van der Waals surface area contributed by atoms with E-state index in [1.807, 2.05) is 25.1 Å². The van der Waals surface area contributed by atoms with Crippen molar-refractivity contribution in [3.63, 3.8) is 0 Å². The number of aryl methyl sites for hydroxylation is 3. The fraction of sp³-hybridized carbons (Fsp3) is 0.231. The van der Waals surface area contributed by atoms with Crippen LogP contribution < -0.4 is 5.73 Å². The van der Waals surface area contributed by atoms with Crippen LogP contribution in [0.3, 0.4) is 0 Å². The van der Waals surface area contributed by atoms with Crippen LogP contribution in [0.1, 0.15) is 17.0 Å². The van der Waals surface area contributed by atoms with Crippen LogP contribution in [-0.2, 0) is 12.8 Å². The summed E-state index contributed by atoms with van der Waals surface area (Å²) in [6.07, 6.45) is 3.54. The van der Waals surface area contributed by atoms with E-state index in [4.69, 9.17) is 5.73 Å². The van der Waals surface area contributed by atoms with Crippen molar-refractivity contribution >= 4 is 5.69 Å². The Hall–Kier alpha value is -1.90. The van der Waals surface area contributed by atoms with Gasteiger partial charge in [0, 0.05) is 17.1 Å². The number of hydrogen-bond acceptors (Lipinski definition) is 3. The van der Waals surface area contributed by atoms with Crippen molar-refractivity contribution in [1.82, 2.24) is 9.97 Å². The highest BCUT2D eigenvalue weighted by Gasteiger charge is 1.98. The number of nitrogens with two attached hydrogens (primary N) is 1. The third-order valence-electron chi connectivity index (χ3n) is 2.51. The van der Waals surface area contributed by atoms with Gasteiger partial charge in [-0.05, 0) is 43.5 Å². The molecule has 0 fully saturated rings. The van der Waals surface area contributed by atoms with Gasteiger partial charge in [0.1, 0.15) is 6.33 Å². The number of benzene rings is 1. The molecular weight excluding hydrogens is 198 g/mol. The number of anilines is 1. The van der Waals surface area contributed by atoms with Gasteiger partial charge >= 0.3 is 0 Å². The Morgan fingerprint density at radius 3 is 2.50 bits per heavy atom. The van der Waals surface area contributed by atoms with Gasteiger partial charge in [-0.1, -0.05) is 12.1 Å². The molecule has 0 bridgehead atoms. The van der Waals surface area contributed by atoms with Crippen molar-refractivity contribution in [1.29, 1.82) is 0 Å². The lowest BCUT2D eigenvalue weighted by molar-refractivity contribution is 0.892. The first-order chi connectivity index (χ1) is 7.74. The minimum absolute atomic E-state index is 0.807. The van der Waals surface area contributed by atoms with Crippen LogP contribution in [0.2, 0.25) is 0 Å². The van der Waals surface area contributed by atoms with Gasteiger partial charge in [0.05, 0.1) is 0 Å². The summed E-state index contributed by atoms with van der Waals surface area (Å²) < 4.78 is 0. The Kier molecular flexibility index (Phi) is 3.15. The predicted molar refractivity (Wildman–Crippen MR) is 65.0 cm³/mol. The Morgan fingerprint density at radius 1 is 1.06 bits per heavy atom. The average Bonchev–Trinajstić information content (AvgIpc) is 2.28. The molecule has 0 aliphatic heterocycles. The topological polar surface area (TPSA) is 51.8 Å². The number of aromatic nitrogens is 2. The lowest BCUT2D eigenvalue weighted by atomic mass is 10.1. The van der Waals surface area contributed by atoms with Gasteiger partial charge in [-0.15, -0.1) is 0 Å². The molecule has 0 amide bonds. The molecule has 1 aromatic heterocycles. The zero-order valence-corrected chi connectivity index (χ0v) is 9.35. The van der Waals surface area contributed by atoms with E-state index in [-0.39, 0.29) is 0 Å². The molecule has 0 unspecified atom stereocenters. The minimum atomic E-state index is 0.807. The van der Waals surface area contributed by atoms with Crippen LogP contribution >= 0.6 is 0 Å². The molecular formula is C13H15N3. The van der Waals surface area contributed by atoms with E-state index in [1.54, 1.807) is 6.33 Å². The molecule has 0 saturated heterocycles. The Labute approximate surface area is 95.4 Å². The molecule has 0 spiro atoms. The summed E-state index contributed by atoms with van der Waals surface area (Å²) in [7, 11) is 0. The third-order valence-corrected chi connectivity index (χ3v) is 2.51. The van der Waals surface area contributed by atoms with Crippen molar-refractivity contribution in [2.24, 2.45) is 0 Å². The number of hydrogen-bond donors (Lipinski definition) is 1. The molecule has 0 atom stereocenters. The predicted octanol–water partition coefficient (Wildman–Crippen LogP) is 2.15. The lowest BCUT2D eigenvalue weighted by Crippen LogP contribution is -1.96. The van der Waals surface area contributed by atoms with E-state index >= 15 is 0 Å². The van der Waals surface area contributed by atoms with Crippen LogP contribution in [0.5, 0.6) is 0 Å². The van der Waals surface area contributed by atoms with Crippen molar-refractivity contribution < 1.29 is 0 Å². The van der Waals surface area contributed by atoms with Crippen LogP contribution in [0, 0.1) is 6.92 Å². The van der Waals surface area contributed by atoms with E-state index < -0.39 is 0 Å². The molecule has 0 radical (unpaired) electrons. The highest BCUT2D eigenvalue weighted by atomic mass is 14.8. The summed E-state index contributed by atoms with van der Waals surface area (Å²) in [6.45, 7) is 1.98. The molecule has 0 aliphatic carbocycles. The van der Waals surface area contributed by atoms with E-state index in [1.165, 1.54) is 5.56 Å². The molecule has 3 heteroatoms. The van der Waals surface area contributed by atoms with E-state index in [0.29, 0.717) is 0 Å². The van der Waals surface area contributed by atoms with Gasteiger partial charge < -0.3 is 5.73 Å². The van der Waals surface area contributed by atoms with Gasteiger partial charge in [0.2, 0.25) is 0 Å². The summed E-state index contributed by atoms with van der Waals surface area (Å²) in [5, 5.41) is 0. The first-order valence-electron chi connectivity index (χ1n) is 5.36. The van der Waals surface area contributed by atoms with Gasteiger partial charge in [0.25, 0.3) is 0 Å². The molecule has 1 heterocycles. The lowest BCUT2D eigenvalue weighted by Gasteiger charge is -2.02. The molecule has 2 rings (SSSR count). The first-order valence-corrected chi connectivity index (χ1v) is 5.36. The van der Waals surface area contributed by atoms with Gasteiger partial charge in [-0.25, -0.2) is 9.97 Å². The second-order valence-electron chi connectivity index (χ2n) is 3.89. The molecule has 3 nitrogen and oxygen atoms in total. The fourth-order valence-electron chi connectivity index (χ4n) is 1.60. The van der Waals surface area contributed by atoms with Gasteiger partial charge in [-0.2, -0.15) is 0 Å². The molecule has 0 aliphatic rings. The van der Waals surface area contributed by atoms with Crippen molar-refractivity contribution in [3.05, 3.63) is 53.6 Å². The summed E-state index contributed by atoms with van der Waals surface area (Å²) in [5.41, 5.74) is 9.83. The maximum absolute atomic E-state index is 5.63. The summed E-state index contributed by atoms with van der Waals surface area (Å²) in [4.78, 5) is 8.32. The molecule has 0 saturated carbocycles. The van der Waals surface area contributed by atoms with Gasteiger partial charge in [0.15, 0.2) is 0 Å². The average molecular weight is 213 g/mol. The largest absolute Gasteiger partial charge is 0.399 e. The van der Waals surface area contributed by atoms with Crippen molar-refractivity contribution in [2.45, 2.75) is 19.8 Å². The summed E-state index contributed by atoms with van der Waals surface area (Å²) in [6, 6.07) is 10.0. The molecule has 16 heavy (non-hydrogen) atoms. The maximum atomic E-state index is 5.63. The van der Waals surface area contributed by atoms with Crippen LogP contribution in [0.15, 0.2) is 36.7 Å². The number of nitrogen functional groups attached to an aromatic ring is 1. The highest BCUT2D eigenvalue weighted by Crippen LogP contribution is 2.08. The van der Waals surface area contributed by atoms with Crippen molar-refractivity contribution in [3.8, 4) is 0 Å². The standard InChI is InChI=1S/C13H15N3/c1-10-8-13(16-9-15-10)7-4-11-2-5-12(14)6-3-11/h2-3,5-6,8-9H,4,7,14H2,1H3. The zero-order chi connectivity index (χ0) is 11.4. The highest BCUT2D eigenvalue weighted by molar-refractivity contribution is 5.39. The number of nitrogens with zero attached hydrogens (tertiary/aromatic N) is 2. The van der Waals surface area contributed by atoms with Crippen LogP contribution in [-0.4, -0.2) is 9.97 Å². The smallest absolute Gasteiger partial charge is 0.115 e. The zero-order valence-electron chi connectivity index (χ0n) is 9.35. The Bertz CT molecular complexity index is 463. The van der Waals surface area contributed by atoms with E-state index in [9.17, 15) is 0 Å². The molecule has 1 aromatic carbocycles. The molecule has 2 N–H and O–H groups in total. The van der Waals surface area contributed by atoms with E-state index in [0.717, 1.165) is 29.9 Å². The minimum Gasteiger partial charge on any atom is -0.399 e. The first kappa shape index (κ1) is 10.6. The normalized spacial score (nSPS) is 10.3. The molecule has 82 valence electrons. The third kappa shape index (κ3) is 2.79. The summed E-state index contributed by atoms with van der Waals surface area (Å²) in [5.74, 6) is 0. The summed E-state index contributed by atoms with van der Waals surface area (Å²) >= 11 is 0. The fourth-order valence-corrected chi connectivity index (χ4v) is 1.60. The number of rotatable bonds is 3. The monoisotopic (exact) mass is 213 g/mol. The SMILES string of the molecule is Cc1cc(CCc2ccc(N)cc2)ncn1. The van der Waals surface area contributed by atoms with Crippen molar-refractivity contribution in [2.75, 3.05) is 5.73 Å². The Balaban J connectivity index is 1.99.